The van der Waals surface area contributed by atoms with Crippen molar-refractivity contribution in [3.05, 3.63) is 35.9 Å². The number of nitrogens with one attached hydrogen (secondary N) is 1. The van der Waals surface area contributed by atoms with Crippen LogP contribution in [0.15, 0.2) is 30.3 Å². The molecule has 0 amide bonds. The van der Waals surface area contributed by atoms with E-state index in [0.717, 1.165) is 12.8 Å². The molecule has 2 rings (SSSR count). The van der Waals surface area contributed by atoms with Crippen molar-refractivity contribution in [2.24, 2.45) is 5.92 Å². The molecular weight excluding hydrogens is 208 g/mol. The maximum Gasteiger partial charge on any atom is 0.285 e. The molecule has 88 valence electrons. The Balaban J connectivity index is 1.88. The molecule has 1 aliphatic carbocycles. The molecule has 1 aliphatic rings. The van der Waals surface area contributed by atoms with Crippen LogP contribution in [0.5, 0.6) is 0 Å². The Kier molecular flexibility index (Phi) is 3.24. The molecule has 0 spiro atoms. The van der Waals surface area contributed by atoms with Crippen LogP contribution in [0.25, 0.3) is 0 Å². The van der Waals surface area contributed by atoms with Crippen LogP contribution in [0.3, 0.4) is 0 Å². The molecule has 0 aromatic heterocycles. The average molecular weight is 225 g/mol. The zero-order chi connectivity index (χ0) is 11.6. The van der Waals surface area contributed by atoms with Gasteiger partial charge < -0.3 is 5.32 Å². The molecule has 1 fully saturated rings. The van der Waals surface area contributed by atoms with Crippen LogP contribution in [0.4, 0.5) is 8.78 Å². The number of rotatable bonds is 4. The summed E-state index contributed by atoms with van der Waals surface area (Å²) >= 11 is 0. The third kappa shape index (κ3) is 2.59. The van der Waals surface area contributed by atoms with Gasteiger partial charge in [-0.15, -0.1) is 0 Å². The molecule has 16 heavy (non-hydrogen) atoms. The fourth-order valence-electron chi connectivity index (χ4n) is 2.13. The topological polar surface area (TPSA) is 12.0 Å². The lowest BCUT2D eigenvalue weighted by Gasteiger charge is -2.34. The normalized spacial score (nSPS) is 25.2. The van der Waals surface area contributed by atoms with Gasteiger partial charge in [0, 0.05) is 11.6 Å². The summed E-state index contributed by atoms with van der Waals surface area (Å²) < 4.78 is 27.4. The predicted octanol–water partition coefficient (Wildman–Crippen LogP) is 3.17. The monoisotopic (exact) mass is 225 g/mol. The molecule has 0 radical (unpaired) electrons. The molecule has 1 N–H and O–H groups in total. The van der Waals surface area contributed by atoms with E-state index < -0.39 is 5.92 Å². The van der Waals surface area contributed by atoms with Gasteiger partial charge in [-0.2, -0.15) is 8.78 Å². The van der Waals surface area contributed by atoms with Gasteiger partial charge in [0.05, 0.1) is 6.54 Å². The second-order valence-corrected chi connectivity index (χ2v) is 4.72. The molecule has 0 saturated heterocycles. The maximum absolute atomic E-state index is 13.7. The lowest BCUT2D eigenvalue weighted by Crippen LogP contribution is -2.44. The first kappa shape index (κ1) is 11.5. The Morgan fingerprint density at radius 2 is 1.88 bits per heavy atom. The van der Waals surface area contributed by atoms with Crippen LogP contribution in [0, 0.1) is 5.92 Å². The molecule has 3 heteroatoms. The lowest BCUT2D eigenvalue weighted by molar-refractivity contribution is -0.0101. The van der Waals surface area contributed by atoms with Crippen LogP contribution in [-0.2, 0) is 5.92 Å². The first-order valence-corrected chi connectivity index (χ1v) is 5.74. The van der Waals surface area contributed by atoms with Crippen LogP contribution in [0.2, 0.25) is 0 Å². The summed E-state index contributed by atoms with van der Waals surface area (Å²) in [5.74, 6) is -2.08. The highest BCUT2D eigenvalue weighted by molar-refractivity contribution is 5.20. The standard InChI is InChI=1S/C13H17F2N/c1-10-7-12(8-10)16-9-13(14,15)11-5-3-2-4-6-11/h2-6,10,12,16H,7-9H2,1H3. The lowest BCUT2D eigenvalue weighted by atomic mass is 9.82. The minimum Gasteiger partial charge on any atom is -0.308 e. The van der Waals surface area contributed by atoms with Gasteiger partial charge in [0.2, 0.25) is 0 Å². The van der Waals surface area contributed by atoms with Gasteiger partial charge in [0.25, 0.3) is 5.92 Å². The molecule has 1 saturated carbocycles. The van der Waals surface area contributed by atoms with E-state index in [9.17, 15) is 8.78 Å². The minimum absolute atomic E-state index is 0.0925. The van der Waals surface area contributed by atoms with Gasteiger partial charge >= 0.3 is 0 Å². The first-order valence-electron chi connectivity index (χ1n) is 5.74. The van der Waals surface area contributed by atoms with Crippen molar-refractivity contribution in [1.29, 1.82) is 0 Å². The van der Waals surface area contributed by atoms with E-state index in [-0.39, 0.29) is 18.2 Å². The quantitative estimate of drug-likeness (QED) is 0.830. The van der Waals surface area contributed by atoms with Gasteiger partial charge in [-0.25, -0.2) is 0 Å². The Morgan fingerprint density at radius 1 is 1.25 bits per heavy atom. The van der Waals surface area contributed by atoms with Crippen LogP contribution < -0.4 is 5.32 Å². The summed E-state index contributed by atoms with van der Waals surface area (Å²) in [7, 11) is 0. The summed E-state index contributed by atoms with van der Waals surface area (Å²) in [5, 5.41) is 2.94. The zero-order valence-corrected chi connectivity index (χ0v) is 9.42. The molecule has 1 nitrogen and oxygen atoms in total. The molecule has 0 heterocycles. The van der Waals surface area contributed by atoms with Crippen molar-refractivity contribution in [3.8, 4) is 0 Å². The van der Waals surface area contributed by atoms with Gasteiger partial charge in [-0.3, -0.25) is 0 Å². The second kappa shape index (κ2) is 4.50. The van der Waals surface area contributed by atoms with Gasteiger partial charge in [0.1, 0.15) is 0 Å². The number of hydrogen-bond acceptors (Lipinski definition) is 1. The smallest absolute Gasteiger partial charge is 0.285 e. The molecule has 0 atom stereocenters. The van der Waals surface area contributed by atoms with E-state index in [1.165, 1.54) is 12.1 Å². The average Bonchev–Trinajstić information content (AvgIpc) is 2.24. The summed E-state index contributed by atoms with van der Waals surface area (Å²) in [5.41, 5.74) is 0.0925. The Hall–Kier alpha value is -0.960. The second-order valence-electron chi connectivity index (χ2n) is 4.72. The Morgan fingerprint density at radius 3 is 2.44 bits per heavy atom. The van der Waals surface area contributed by atoms with E-state index in [0.29, 0.717) is 5.92 Å². The zero-order valence-electron chi connectivity index (χ0n) is 9.42. The van der Waals surface area contributed by atoms with E-state index in [2.05, 4.69) is 12.2 Å². The third-order valence-electron chi connectivity index (χ3n) is 3.18. The number of benzene rings is 1. The van der Waals surface area contributed by atoms with Gasteiger partial charge in [-0.05, 0) is 18.8 Å². The highest BCUT2D eigenvalue weighted by Crippen LogP contribution is 2.30. The van der Waals surface area contributed by atoms with E-state index in [1.54, 1.807) is 18.2 Å². The predicted molar refractivity (Wildman–Crippen MR) is 60.5 cm³/mol. The first-order chi connectivity index (χ1) is 7.58. The highest BCUT2D eigenvalue weighted by atomic mass is 19.3. The molecule has 0 bridgehead atoms. The summed E-state index contributed by atoms with van der Waals surface area (Å²) in [6.45, 7) is 1.89. The number of halogens is 2. The summed E-state index contributed by atoms with van der Waals surface area (Å²) in [6.07, 6.45) is 2.04. The number of alkyl halides is 2. The van der Waals surface area contributed by atoms with Gasteiger partial charge in [-0.1, -0.05) is 37.3 Å². The molecule has 0 unspecified atom stereocenters. The molecule has 0 aliphatic heterocycles. The van der Waals surface area contributed by atoms with Crippen molar-refractivity contribution in [2.45, 2.75) is 31.7 Å². The SMILES string of the molecule is CC1CC(NCC(F)(F)c2ccccc2)C1. The fourth-order valence-corrected chi connectivity index (χ4v) is 2.13. The van der Waals surface area contributed by atoms with Crippen molar-refractivity contribution in [2.75, 3.05) is 6.54 Å². The van der Waals surface area contributed by atoms with E-state index >= 15 is 0 Å². The van der Waals surface area contributed by atoms with Crippen LogP contribution in [0.1, 0.15) is 25.3 Å². The fraction of sp³-hybridized carbons (Fsp3) is 0.538. The van der Waals surface area contributed by atoms with Crippen LogP contribution in [-0.4, -0.2) is 12.6 Å². The van der Waals surface area contributed by atoms with Gasteiger partial charge in [0.15, 0.2) is 0 Å². The Labute approximate surface area is 94.9 Å². The third-order valence-corrected chi connectivity index (χ3v) is 3.18. The largest absolute Gasteiger partial charge is 0.308 e. The highest BCUT2D eigenvalue weighted by Gasteiger charge is 2.34. The Bertz CT molecular complexity index is 331. The minimum atomic E-state index is -2.76. The van der Waals surface area contributed by atoms with Crippen molar-refractivity contribution in [1.82, 2.24) is 5.32 Å². The van der Waals surface area contributed by atoms with Crippen molar-refractivity contribution < 1.29 is 8.78 Å². The van der Waals surface area contributed by atoms with Crippen LogP contribution >= 0.6 is 0 Å². The van der Waals surface area contributed by atoms with Crippen molar-refractivity contribution >= 4 is 0 Å². The molecule has 1 aromatic rings. The summed E-state index contributed by atoms with van der Waals surface area (Å²) in [4.78, 5) is 0. The van der Waals surface area contributed by atoms with Crippen molar-refractivity contribution in [3.63, 3.8) is 0 Å². The molecular formula is C13H17F2N. The molecule has 1 aromatic carbocycles. The maximum atomic E-state index is 13.7. The van der Waals surface area contributed by atoms with E-state index in [1.807, 2.05) is 0 Å². The van der Waals surface area contributed by atoms with E-state index in [4.69, 9.17) is 0 Å². The summed E-state index contributed by atoms with van der Waals surface area (Å²) in [6, 6.07) is 8.28. The number of hydrogen-bond donors (Lipinski definition) is 1.